The van der Waals surface area contributed by atoms with Gasteiger partial charge < -0.3 is 5.73 Å². The normalized spacial score (nSPS) is 13.1. The van der Waals surface area contributed by atoms with Gasteiger partial charge in [-0.25, -0.2) is 0 Å². The van der Waals surface area contributed by atoms with Crippen LogP contribution in [0.15, 0.2) is 12.7 Å². The van der Waals surface area contributed by atoms with Gasteiger partial charge in [0.05, 0.1) is 6.04 Å². The van der Waals surface area contributed by atoms with E-state index in [-0.39, 0.29) is 11.8 Å². The van der Waals surface area contributed by atoms with Gasteiger partial charge in [-0.05, 0) is 12.3 Å². The SMILES string of the molecule is C=CCC(N)C(=O)CC(C)C. The molecule has 0 fully saturated rings. The van der Waals surface area contributed by atoms with Gasteiger partial charge in [-0.15, -0.1) is 6.58 Å². The zero-order valence-electron chi connectivity index (χ0n) is 7.34. The number of nitrogens with two attached hydrogens (primary N) is 1. The highest BCUT2D eigenvalue weighted by atomic mass is 16.1. The van der Waals surface area contributed by atoms with Crippen molar-refractivity contribution in [2.24, 2.45) is 11.7 Å². The van der Waals surface area contributed by atoms with Gasteiger partial charge in [0, 0.05) is 6.42 Å². The summed E-state index contributed by atoms with van der Waals surface area (Å²) in [6.07, 6.45) is 2.85. The monoisotopic (exact) mass is 155 g/mol. The Bertz CT molecular complexity index is 140. The first kappa shape index (κ1) is 10.4. The van der Waals surface area contributed by atoms with Crippen molar-refractivity contribution < 1.29 is 4.79 Å². The molecule has 0 aromatic rings. The van der Waals surface area contributed by atoms with Crippen molar-refractivity contribution in [2.45, 2.75) is 32.7 Å². The first-order valence-corrected chi connectivity index (χ1v) is 3.97. The second-order valence-corrected chi connectivity index (χ2v) is 3.20. The van der Waals surface area contributed by atoms with Crippen molar-refractivity contribution in [1.29, 1.82) is 0 Å². The number of Topliss-reactive ketones (excluding diaryl/α,β-unsaturated/α-hetero) is 1. The van der Waals surface area contributed by atoms with E-state index in [1.54, 1.807) is 6.08 Å². The number of hydrogen-bond donors (Lipinski definition) is 1. The lowest BCUT2D eigenvalue weighted by Gasteiger charge is -2.08. The largest absolute Gasteiger partial charge is 0.321 e. The summed E-state index contributed by atoms with van der Waals surface area (Å²) in [5.41, 5.74) is 5.56. The average Bonchev–Trinajstić information content (AvgIpc) is 1.86. The summed E-state index contributed by atoms with van der Waals surface area (Å²) < 4.78 is 0. The smallest absolute Gasteiger partial charge is 0.150 e. The molecule has 0 amide bonds. The summed E-state index contributed by atoms with van der Waals surface area (Å²) in [6, 6.07) is -0.338. The summed E-state index contributed by atoms with van der Waals surface area (Å²) in [5, 5.41) is 0. The highest BCUT2D eigenvalue weighted by Gasteiger charge is 2.12. The van der Waals surface area contributed by atoms with E-state index in [1.807, 2.05) is 13.8 Å². The molecular formula is C9H17NO. The Morgan fingerprint density at radius 2 is 2.18 bits per heavy atom. The lowest BCUT2D eigenvalue weighted by Crippen LogP contribution is -2.30. The average molecular weight is 155 g/mol. The fraction of sp³-hybridized carbons (Fsp3) is 0.667. The van der Waals surface area contributed by atoms with Crippen LogP contribution >= 0.6 is 0 Å². The minimum Gasteiger partial charge on any atom is -0.321 e. The Labute approximate surface area is 68.5 Å². The van der Waals surface area contributed by atoms with Crippen molar-refractivity contribution in [3.63, 3.8) is 0 Å². The molecule has 1 unspecified atom stereocenters. The van der Waals surface area contributed by atoms with E-state index in [2.05, 4.69) is 6.58 Å². The number of carbonyl (C=O) groups excluding carboxylic acids is 1. The maximum atomic E-state index is 11.2. The maximum Gasteiger partial charge on any atom is 0.150 e. The summed E-state index contributed by atoms with van der Waals surface area (Å²) in [6.45, 7) is 7.55. The first-order chi connectivity index (χ1) is 5.07. The van der Waals surface area contributed by atoms with Crippen LogP contribution in [-0.4, -0.2) is 11.8 Å². The summed E-state index contributed by atoms with van der Waals surface area (Å²) in [7, 11) is 0. The van der Waals surface area contributed by atoms with Gasteiger partial charge in [0.25, 0.3) is 0 Å². The standard InChI is InChI=1S/C9H17NO/c1-4-5-8(10)9(11)6-7(2)3/h4,7-8H,1,5-6,10H2,2-3H3. The first-order valence-electron chi connectivity index (χ1n) is 3.97. The number of hydrogen-bond acceptors (Lipinski definition) is 2. The minimum atomic E-state index is -0.338. The summed E-state index contributed by atoms with van der Waals surface area (Å²) in [4.78, 5) is 11.2. The van der Waals surface area contributed by atoms with Crippen LogP contribution < -0.4 is 5.73 Å². The van der Waals surface area contributed by atoms with E-state index < -0.39 is 0 Å². The molecule has 0 aromatic heterocycles. The topological polar surface area (TPSA) is 43.1 Å². The molecule has 2 heteroatoms. The Hall–Kier alpha value is -0.630. The fourth-order valence-corrected chi connectivity index (χ4v) is 0.865. The predicted octanol–water partition coefficient (Wildman–Crippen LogP) is 1.50. The Morgan fingerprint density at radius 3 is 2.55 bits per heavy atom. The zero-order valence-corrected chi connectivity index (χ0v) is 7.34. The van der Waals surface area contributed by atoms with Gasteiger partial charge in [0.2, 0.25) is 0 Å². The van der Waals surface area contributed by atoms with Crippen molar-refractivity contribution in [3.05, 3.63) is 12.7 Å². The molecule has 0 heterocycles. The zero-order chi connectivity index (χ0) is 8.85. The quantitative estimate of drug-likeness (QED) is 0.611. The molecule has 0 radical (unpaired) electrons. The molecule has 11 heavy (non-hydrogen) atoms. The third-order valence-electron chi connectivity index (χ3n) is 1.44. The van der Waals surface area contributed by atoms with Gasteiger partial charge in [0.15, 0.2) is 0 Å². The highest BCUT2D eigenvalue weighted by Crippen LogP contribution is 2.03. The molecule has 0 spiro atoms. The van der Waals surface area contributed by atoms with Crippen LogP contribution in [0.1, 0.15) is 26.7 Å². The molecule has 2 N–H and O–H groups in total. The number of carbonyl (C=O) groups is 1. The third kappa shape index (κ3) is 4.73. The second-order valence-electron chi connectivity index (χ2n) is 3.20. The summed E-state index contributed by atoms with van der Waals surface area (Å²) in [5.74, 6) is 0.540. The van der Waals surface area contributed by atoms with Crippen molar-refractivity contribution in [2.75, 3.05) is 0 Å². The Morgan fingerprint density at radius 1 is 1.64 bits per heavy atom. The molecule has 0 aromatic carbocycles. The van der Waals surface area contributed by atoms with Gasteiger partial charge in [-0.2, -0.15) is 0 Å². The van der Waals surface area contributed by atoms with Crippen molar-refractivity contribution in [3.8, 4) is 0 Å². The molecule has 64 valence electrons. The van der Waals surface area contributed by atoms with Crippen LogP contribution in [0.5, 0.6) is 0 Å². The molecule has 0 bridgehead atoms. The van der Waals surface area contributed by atoms with Gasteiger partial charge in [0.1, 0.15) is 5.78 Å². The maximum absolute atomic E-state index is 11.2. The van der Waals surface area contributed by atoms with Crippen LogP contribution in [0, 0.1) is 5.92 Å². The molecule has 1 atom stereocenters. The van der Waals surface area contributed by atoms with E-state index in [0.29, 0.717) is 18.8 Å². The molecule has 0 aliphatic rings. The summed E-state index contributed by atoms with van der Waals surface area (Å²) >= 11 is 0. The second kappa shape index (κ2) is 5.08. The van der Waals surface area contributed by atoms with Gasteiger partial charge in [-0.1, -0.05) is 19.9 Å². The van der Waals surface area contributed by atoms with Crippen LogP contribution in [0.4, 0.5) is 0 Å². The van der Waals surface area contributed by atoms with Crippen LogP contribution in [-0.2, 0) is 4.79 Å². The molecule has 0 aliphatic carbocycles. The van der Waals surface area contributed by atoms with Gasteiger partial charge in [-0.3, -0.25) is 4.79 Å². The van der Waals surface area contributed by atoms with E-state index in [1.165, 1.54) is 0 Å². The molecule has 0 aliphatic heterocycles. The molecule has 0 rings (SSSR count). The van der Waals surface area contributed by atoms with Crippen LogP contribution in [0.2, 0.25) is 0 Å². The third-order valence-corrected chi connectivity index (χ3v) is 1.44. The van der Waals surface area contributed by atoms with Gasteiger partial charge >= 0.3 is 0 Å². The Kier molecular flexibility index (Phi) is 4.79. The fourth-order valence-electron chi connectivity index (χ4n) is 0.865. The molecular weight excluding hydrogens is 138 g/mol. The van der Waals surface area contributed by atoms with E-state index >= 15 is 0 Å². The van der Waals surface area contributed by atoms with Crippen molar-refractivity contribution >= 4 is 5.78 Å². The minimum absolute atomic E-state index is 0.139. The Balaban J connectivity index is 3.72. The van der Waals surface area contributed by atoms with Crippen LogP contribution in [0.3, 0.4) is 0 Å². The highest BCUT2D eigenvalue weighted by molar-refractivity contribution is 5.84. The van der Waals surface area contributed by atoms with Crippen molar-refractivity contribution in [1.82, 2.24) is 0 Å². The molecule has 0 saturated heterocycles. The van der Waals surface area contributed by atoms with E-state index in [9.17, 15) is 4.79 Å². The van der Waals surface area contributed by atoms with E-state index in [4.69, 9.17) is 5.73 Å². The predicted molar refractivity (Wildman–Crippen MR) is 47.3 cm³/mol. The lowest BCUT2D eigenvalue weighted by molar-refractivity contribution is -0.120. The number of rotatable bonds is 5. The lowest BCUT2D eigenvalue weighted by atomic mass is 10.0. The molecule has 0 saturated carbocycles. The van der Waals surface area contributed by atoms with E-state index in [0.717, 1.165) is 0 Å². The van der Waals surface area contributed by atoms with Crippen LogP contribution in [0.25, 0.3) is 0 Å². The molecule has 2 nitrogen and oxygen atoms in total. The number of ketones is 1.